The lowest BCUT2D eigenvalue weighted by atomic mass is 9.63. The first-order valence-corrected chi connectivity index (χ1v) is 7.74. The Bertz CT molecular complexity index is 484. The quantitative estimate of drug-likeness (QED) is 0.736. The number of hydrogen-bond acceptors (Lipinski definition) is 1. The number of fused-ring (bicyclic) bond motifs is 1. The van der Waals surface area contributed by atoms with E-state index in [0.717, 1.165) is 12.8 Å². The molecule has 0 N–H and O–H groups in total. The van der Waals surface area contributed by atoms with Gasteiger partial charge in [0.25, 0.3) is 0 Å². The average molecular weight is 280 g/mol. The summed E-state index contributed by atoms with van der Waals surface area (Å²) >= 11 is 0. The van der Waals surface area contributed by atoms with Gasteiger partial charge in [0.1, 0.15) is 0 Å². The second kappa shape index (κ2) is 5.71. The van der Waals surface area contributed by atoms with Gasteiger partial charge >= 0.3 is 0 Å². The van der Waals surface area contributed by atoms with Gasteiger partial charge in [-0.25, -0.2) is 4.39 Å². The summed E-state index contributed by atoms with van der Waals surface area (Å²) in [5.41, 5.74) is 0.569. The molecule has 0 aliphatic heterocycles. The number of ether oxygens (including phenoxy) is 1. The summed E-state index contributed by atoms with van der Waals surface area (Å²) in [6.45, 7) is 0. The molecule has 2 aliphatic rings. The molecule has 20 heavy (non-hydrogen) atoms. The van der Waals surface area contributed by atoms with Crippen molar-refractivity contribution in [2.75, 3.05) is 7.11 Å². The maximum absolute atomic E-state index is 14.3. The number of hydrogen-bond donors (Lipinski definition) is 0. The van der Waals surface area contributed by atoms with Gasteiger partial charge in [0, 0.05) is 0 Å². The van der Waals surface area contributed by atoms with Crippen LogP contribution in [0.2, 0.25) is 0 Å². The highest BCUT2D eigenvalue weighted by molar-refractivity contribution is 5.33. The zero-order chi connectivity index (χ0) is 14.1. The third kappa shape index (κ3) is 2.32. The van der Waals surface area contributed by atoms with E-state index in [-0.39, 0.29) is 11.7 Å². The van der Waals surface area contributed by atoms with Crippen LogP contribution in [-0.2, 0) is 0 Å². The van der Waals surface area contributed by atoms with Crippen molar-refractivity contribution in [2.24, 2.45) is 11.8 Å². The van der Waals surface area contributed by atoms with Crippen molar-refractivity contribution in [3.63, 3.8) is 0 Å². The first-order chi connectivity index (χ1) is 9.72. The van der Waals surface area contributed by atoms with Gasteiger partial charge in [0.05, 0.1) is 7.11 Å². The van der Waals surface area contributed by atoms with Gasteiger partial charge in [-0.15, -0.1) is 0 Å². The standard InChI is InChI=1S/C17H22F2O/c1-20-15-10-9-14(16(18)17(15)19)13-8-4-6-11-5-2-3-7-12(11)13/h9-13H,2-8H2,1H3. The van der Waals surface area contributed by atoms with Crippen molar-refractivity contribution in [1.82, 2.24) is 0 Å². The summed E-state index contributed by atoms with van der Waals surface area (Å²) in [5, 5.41) is 0. The van der Waals surface area contributed by atoms with E-state index in [9.17, 15) is 8.78 Å². The Hall–Kier alpha value is -1.12. The van der Waals surface area contributed by atoms with E-state index >= 15 is 0 Å². The Morgan fingerprint density at radius 2 is 1.70 bits per heavy atom. The molecule has 1 aromatic rings. The Morgan fingerprint density at radius 1 is 0.950 bits per heavy atom. The van der Waals surface area contributed by atoms with Crippen LogP contribution in [0.25, 0.3) is 0 Å². The van der Waals surface area contributed by atoms with E-state index in [0.29, 0.717) is 17.4 Å². The largest absolute Gasteiger partial charge is 0.494 e. The first kappa shape index (κ1) is 13.8. The van der Waals surface area contributed by atoms with Crippen LogP contribution < -0.4 is 4.74 Å². The van der Waals surface area contributed by atoms with Crippen LogP contribution in [-0.4, -0.2) is 7.11 Å². The third-order valence-corrected chi connectivity index (χ3v) is 5.27. The van der Waals surface area contributed by atoms with Crippen LogP contribution in [0.15, 0.2) is 12.1 Å². The fourth-order valence-electron chi connectivity index (χ4n) is 4.32. The first-order valence-electron chi connectivity index (χ1n) is 7.74. The summed E-state index contributed by atoms with van der Waals surface area (Å²) in [6.07, 6.45) is 8.36. The topological polar surface area (TPSA) is 9.23 Å². The molecule has 0 heterocycles. The molecule has 3 rings (SSSR count). The van der Waals surface area contributed by atoms with Crippen molar-refractivity contribution < 1.29 is 13.5 Å². The SMILES string of the molecule is COc1ccc(C2CCCC3CCCCC32)c(F)c1F. The summed E-state index contributed by atoms with van der Waals surface area (Å²) in [7, 11) is 1.37. The predicted octanol–water partition coefficient (Wildman–Crippen LogP) is 5.05. The van der Waals surface area contributed by atoms with Crippen LogP contribution in [0.3, 0.4) is 0 Å². The van der Waals surface area contributed by atoms with Gasteiger partial charge < -0.3 is 4.74 Å². The lowest BCUT2D eigenvalue weighted by molar-refractivity contribution is 0.142. The number of methoxy groups -OCH3 is 1. The zero-order valence-corrected chi connectivity index (χ0v) is 12.0. The highest BCUT2D eigenvalue weighted by Crippen LogP contribution is 2.49. The molecule has 2 aliphatic carbocycles. The molecule has 3 atom stereocenters. The number of benzene rings is 1. The average Bonchev–Trinajstić information content (AvgIpc) is 2.50. The molecule has 1 nitrogen and oxygen atoms in total. The van der Waals surface area contributed by atoms with E-state index < -0.39 is 11.6 Å². The Morgan fingerprint density at radius 3 is 2.50 bits per heavy atom. The van der Waals surface area contributed by atoms with Gasteiger partial charge in [0.2, 0.25) is 5.82 Å². The van der Waals surface area contributed by atoms with Gasteiger partial charge in [-0.2, -0.15) is 4.39 Å². The zero-order valence-electron chi connectivity index (χ0n) is 12.0. The van der Waals surface area contributed by atoms with Crippen molar-refractivity contribution in [1.29, 1.82) is 0 Å². The fraction of sp³-hybridized carbons (Fsp3) is 0.647. The molecule has 0 radical (unpaired) electrons. The lowest BCUT2D eigenvalue weighted by Crippen LogP contribution is -2.30. The Kier molecular flexibility index (Phi) is 3.95. The van der Waals surface area contributed by atoms with Crippen molar-refractivity contribution in [3.05, 3.63) is 29.3 Å². The Balaban J connectivity index is 1.93. The molecule has 0 saturated heterocycles. The molecule has 110 valence electrons. The van der Waals surface area contributed by atoms with Crippen LogP contribution in [0.4, 0.5) is 8.78 Å². The van der Waals surface area contributed by atoms with Gasteiger partial charge in [-0.3, -0.25) is 0 Å². The minimum atomic E-state index is -0.831. The van der Waals surface area contributed by atoms with Crippen LogP contribution in [0.1, 0.15) is 56.4 Å². The molecule has 0 aromatic heterocycles. The highest BCUT2D eigenvalue weighted by Gasteiger charge is 2.37. The van der Waals surface area contributed by atoms with E-state index in [1.165, 1.54) is 39.2 Å². The Labute approximate surface area is 119 Å². The molecular formula is C17H22F2O. The smallest absolute Gasteiger partial charge is 0.200 e. The van der Waals surface area contributed by atoms with Crippen molar-refractivity contribution >= 4 is 0 Å². The summed E-state index contributed by atoms with van der Waals surface area (Å²) in [5.74, 6) is -0.0768. The second-order valence-electron chi connectivity index (χ2n) is 6.23. The monoisotopic (exact) mass is 280 g/mol. The van der Waals surface area contributed by atoms with E-state index in [1.807, 2.05) is 0 Å². The number of halogens is 2. The molecule has 3 unspecified atom stereocenters. The molecule has 1 aromatic carbocycles. The van der Waals surface area contributed by atoms with Crippen LogP contribution >= 0.6 is 0 Å². The molecule has 2 fully saturated rings. The van der Waals surface area contributed by atoms with Crippen molar-refractivity contribution in [3.8, 4) is 5.75 Å². The van der Waals surface area contributed by atoms with E-state index in [2.05, 4.69) is 0 Å². The predicted molar refractivity (Wildman–Crippen MR) is 75.0 cm³/mol. The van der Waals surface area contributed by atoms with Crippen molar-refractivity contribution in [2.45, 2.75) is 50.9 Å². The van der Waals surface area contributed by atoms with E-state index in [4.69, 9.17) is 4.74 Å². The maximum Gasteiger partial charge on any atom is 0.200 e. The highest BCUT2D eigenvalue weighted by atomic mass is 19.2. The maximum atomic E-state index is 14.3. The summed E-state index contributed by atoms with van der Waals surface area (Å²) < 4.78 is 33.1. The molecular weight excluding hydrogens is 258 g/mol. The lowest BCUT2D eigenvalue weighted by Gasteiger charge is -2.41. The molecule has 2 saturated carbocycles. The molecule has 0 amide bonds. The fourth-order valence-corrected chi connectivity index (χ4v) is 4.32. The summed E-state index contributed by atoms with van der Waals surface area (Å²) in [4.78, 5) is 0. The third-order valence-electron chi connectivity index (χ3n) is 5.27. The van der Waals surface area contributed by atoms with Gasteiger partial charge in [-0.05, 0) is 42.2 Å². The van der Waals surface area contributed by atoms with Crippen LogP contribution in [0, 0.1) is 23.5 Å². The molecule has 0 spiro atoms. The van der Waals surface area contributed by atoms with Gasteiger partial charge in [-0.1, -0.05) is 38.2 Å². The molecule has 3 heteroatoms. The van der Waals surface area contributed by atoms with Crippen LogP contribution in [0.5, 0.6) is 5.75 Å². The van der Waals surface area contributed by atoms with E-state index in [1.54, 1.807) is 12.1 Å². The second-order valence-corrected chi connectivity index (χ2v) is 6.23. The molecule has 0 bridgehead atoms. The minimum absolute atomic E-state index is 0.00209. The number of rotatable bonds is 2. The summed E-state index contributed by atoms with van der Waals surface area (Å²) in [6, 6.07) is 3.30. The van der Waals surface area contributed by atoms with Gasteiger partial charge in [0.15, 0.2) is 11.6 Å². The normalized spacial score (nSPS) is 29.9. The minimum Gasteiger partial charge on any atom is -0.494 e.